The van der Waals surface area contributed by atoms with E-state index in [1.807, 2.05) is 0 Å². The van der Waals surface area contributed by atoms with Crippen LogP contribution in [0.3, 0.4) is 0 Å². The summed E-state index contributed by atoms with van der Waals surface area (Å²) in [4.78, 5) is 22.2. The van der Waals surface area contributed by atoms with Crippen molar-refractivity contribution in [3.63, 3.8) is 0 Å². The smallest absolute Gasteiger partial charge is 0.326 e. The van der Waals surface area contributed by atoms with Crippen molar-refractivity contribution in [3.05, 3.63) is 35.6 Å². The Hall–Kier alpha value is -2.15. The molecule has 0 unspecified atom stereocenters. The summed E-state index contributed by atoms with van der Waals surface area (Å²) in [5.41, 5.74) is 0.858. The number of urea groups is 1. The van der Waals surface area contributed by atoms with Crippen LogP contribution in [-0.4, -0.2) is 41.4 Å². The van der Waals surface area contributed by atoms with E-state index < -0.39 is 18.0 Å². The molecule has 1 rings (SSSR count). The summed E-state index contributed by atoms with van der Waals surface area (Å²) in [6.07, 6.45) is 0.451. The first-order valence-electron chi connectivity index (χ1n) is 6.15. The highest BCUT2D eigenvalue weighted by Gasteiger charge is 2.18. The number of aliphatic hydroxyl groups is 1. The number of hydrogen-bond acceptors (Lipinski definition) is 3. The number of carboxylic acids is 1. The maximum Gasteiger partial charge on any atom is 0.326 e. The molecule has 7 heteroatoms. The van der Waals surface area contributed by atoms with Crippen LogP contribution in [0.1, 0.15) is 12.0 Å². The lowest BCUT2D eigenvalue weighted by atomic mass is 10.1. The predicted molar refractivity (Wildman–Crippen MR) is 69.8 cm³/mol. The molecule has 20 heavy (non-hydrogen) atoms. The van der Waals surface area contributed by atoms with Crippen LogP contribution in [0.5, 0.6) is 0 Å². The van der Waals surface area contributed by atoms with Crippen LogP contribution in [0.15, 0.2) is 24.3 Å². The Morgan fingerprint density at radius 1 is 1.25 bits per heavy atom. The Kier molecular flexibility index (Phi) is 6.45. The number of benzene rings is 1. The zero-order valence-electron chi connectivity index (χ0n) is 10.8. The lowest BCUT2D eigenvalue weighted by Crippen LogP contribution is -2.46. The summed E-state index contributed by atoms with van der Waals surface area (Å²) >= 11 is 0. The second-order valence-electron chi connectivity index (χ2n) is 4.18. The van der Waals surface area contributed by atoms with Crippen LogP contribution < -0.4 is 10.6 Å². The van der Waals surface area contributed by atoms with E-state index in [-0.39, 0.29) is 18.8 Å². The minimum absolute atomic E-state index is 0.0548. The second-order valence-corrected chi connectivity index (χ2v) is 4.18. The van der Waals surface area contributed by atoms with E-state index in [4.69, 9.17) is 10.2 Å². The molecule has 1 aromatic rings. The molecule has 0 aliphatic carbocycles. The Balaban J connectivity index is 2.32. The first-order valence-corrected chi connectivity index (χ1v) is 6.15. The monoisotopic (exact) mass is 284 g/mol. The van der Waals surface area contributed by atoms with Crippen LogP contribution in [-0.2, 0) is 11.2 Å². The van der Waals surface area contributed by atoms with Gasteiger partial charge in [-0.05, 0) is 24.1 Å². The van der Waals surface area contributed by atoms with Gasteiger partial charge in [-0.25, -0.2) is 14.0 Å². The highest BCUT2D eigenvalue weighted by Crippen LogP contribution is 2.02. The van der Waals surface area contributed by atoms with Gasteiger partial charge in [0.05, 0.1) is 0 Å². The molecule has 6 nitrogen and oxygen atoms in total. The van der Waals surface area contributed by atoms with Gasteiger partial charge in [0.15, 0.2) is 0 Å². The summed E-state index contributed by atoms with van der Waals surface area (Å²) in [7, 11) is 0. The van der Waals surface area contributed by atoms with Gasteiger partial charge in [-0.3, -0.25) is 0 Å². The number of halogens is 1. The maximum absolute atomic E-state index is 12.7. The lowest BCUT2D eigenvalue weighted by molar-refractivity contribution is -0.139. The quantitative estimate of drug-likeness (QED) is 0.586. The number of hydrogen-bond donors (Lipinski definition) is 4. The van der Waals surface area contributed by atoms with Crippen molar-refractivity contribution < 1.29 is 24.2 Å². The van der Waals surface area contributed by atoms with Crippen LogP contribution in [0.2, 0.25) is 0 Å². The molecule has 2 amide bonds. The lowest BCUT2D eigenvalue weighted by Gasteiger charge is -2.13. The molecule has 4 N–H and O–H groups in total. The standard InChI is InChI=1S/C13H17FN2O4/c14-10-3-1-9(2-4-10)5-7-15-13(20)16-11(6-8-17)12(18)19/h1-4,11,17H,5-8H2,(H,18,19)(H2,15,16,20)/t11-/m1/s1. The van der Waals surface area contributed by atoms with E-state index in [2.05, 4.69) is 10.6 Å². The topological polar surface area (TPSA) is 98.7 Å². The summed E-state index contributed by atoms with van der Waals surface area (Å²) in [6.45, 7) is -0.0320. The maximum atomic E-state index is 12.7. The number of carbonyl (C=O) groups is 2. The molecule has 0 saturated heterocycles. The molecule has 110 valence electrons. The van der Waals surface area contributed by atoms with Gasteiger partial charge in [0.25, 0.3) is 0 Å². The van der Waals surface area contributed by atoms with Crippen molar-refractivity contribution in [1.29, 1.82) is 0 Å². The van der Waals surface area contributed by atoms with E-state index in [1.165, 1.54) is 12.1 Å². The molecule has 1 aromatic carbocycles. The van der Waals surface area contributed by atoms with Gasteiger partial charge in [0, 0.05) is 19.6 Å². The van der Waals surface area contributed by atoms with Crippen LogP contribution in [0, 0.1) is 5.82 Å². The van der Waals surface area contributed by atoms with E-state index in [0.29, 0.717) is 13.0 Å². The largest absolute Gasteiger partial charge is 0.480 e. The average molecular weight is 284 g/mol. The molecule has 0 aromatic heterocycles. The summed E-state index contributed by atoms with van der Waals surface area (Å²) in [6, 6.07) is 4.15. The SMILES string of the molecule is O=C(NCCc1ccc(F)cc1)N[C@H](CCO)C(=O)O. The third-order valence-electron chi connectivity index (χ3n) is 2.63. The molecule has 0 bridgehead atoms. The molecule has 1 atom stereocenters. The van der Waals surface area contributed by atoms with E-state index >= 15 is 0 Å². The average Bonchev–Trinajstić information content (AvgIpc) is 2.40. The first kappa shape index (κ1) is 15.9. The number of carboxylic acid groups (broad SMARTS) is 1. The number of nitrogens with one attached hydrogen (secondary N) is 2. The fraction of sp³-hybridized carbons (Fsp3) is 0.385. The van der Waals surface area contributed by atoms with Gasteiger partial charge in [0.1, 0.15) is 11.9 Å². The Bertz CT molecular complexity index is 450. The van der Waals surface area contributed by atoms with Crippen LogP contribution >= 0.6 is 0 Å². The van der Waals surface area contributed by atoms with Gasteiger partial charge < -0.3 is 20.8 Å². The first-order chi connectivity index (χ1) is 9.52. The normalized spacial score (nSPS) is 11.7. The third kappa shape index (κ3) is 5.66. The summed E-state index contributed by atoms with van der Waals surface area (Å²) in [5, 5.41) is 22.2. The fourth-order valence-electron chi connectivity index (χ4n) is 1.57. The van der Waals surface area contributed by atoms with E-state index in [1.54, 1.807) is 12.1 Å². The van der Waals surface area contributed by atoms with Gasteiger partial charge in [0.2, 0.25) is 0 Å². The van der Waals surface area contributed by atoms with Crippen molar-refractivity contribution in [2.75, 3.05) is 13.2 Å². The molecule has 0 aliphatic heterocycles. The Labute approximate surface area is 115 Å². The molecule has 0 spiro atoms. The zero-order valence-corrected chi connectivity index (χ0v) is 10.8. The fourth-order valence-corrected chi connectivity index (χ4v) is 1.57. The number of rotatable bonds is 7. The minimum Gasteiger partial charge on any atom is -0.480 e. The Morgan fingerprint density at radius 3 is 2.45 bits per heavy atom. The number of aliphatic carboxylic acids is 1. The van der Waals surface area contributed by atoms with Gasteiger partial charge >= 0.3 is 12.0 Å². The summed E-state index contributed by atoms with van der Waals surface area (Å²) in [5.74, 6) is -1.53. The molecule has 0 fully saturated rings. The van der Waals surface area contributed by atoms with Gasteiger partial charge in [-0.1, -0.05) is 12.1 Å². The number of amides is 2. The van der Waals surface area contributed by atoms with E-state index in [0.717, 1.165) is 5.56 Å². The highest BCUT2D eigenvalue weighted by molar-refractivity contribution is 5.82. The number of carbonyl (C=O) groups excluding carboxylic acids is 1. The zero-order chi connectivity index (χ0) is 15.0. The predicted octanol–water partition coefficient (Wildman–Crippen LogP) is 0.503. The van der Waals surface area contributed by atoms with Crippen LogP contribution in [0.4, 0.5) is 9.18 Å². The third-order valence-corrected chi connectivity index (χ3v) is 2.63. The molecule has 0 aliphatic rings. The Morgan fingerprint density at radius 2 is 1.90 bits per heavy atom. The van der Waals surface area contributed by atoms with Gasteiger partial charge in [-0.15, -0.1) is 0 Å². The molecular formula is C13H17FN2O4. The van der Waals surface area contributed by atoms with Crippen LogP contribution in [0.25, 0.3) is 0 Å². The van der Waals surface area contributed by atoms with Crippen molar-refractivity contribution in [2.45, 2.75) is 18.9 Å². The van der Waals surface area contributed by atoms with Crippen molar-refractivity contribution in [2.24, 2.45) is 0 Å². The van der Waals surface area contributed by atoms with Crippen molar-refractivity contribution >= 4 is 12.0 Å². The summed E-state index contributed by atoms with van der Waals surface area (Å²) < 4.78 is 12.7. The molecule has 0 heterocycles. The highest BCUT2D eigenvalue weighted by atomic mass is 19.1. The molecular weight excluding hydrogens is 267 g/mol. The van der Waals surface area contributed by atoms with E-state index in [9.17, 15) is 14.0 Å². The van der Waals surface area contributed by atoms with Crippen molar-refractivity contribution in [1.82, 2.24) is 10.6 Å². The molecule has 0 saturated carbocycles. The second kappa shape index (κ2) is 8.11. The minimum atomic E-state index is -1.20. The van der Waals surface area contributed by atoms with Gasteiger partial charge in [-0.2, -0.15) is 0 Å². The van der Waals surface area contributed by atoms with Crippen molar-refractivity contribution in [3.8, 4) is 0 Å². The molecule has 0 radical (unpaired) electrons. The number of aliphatic hydroxyl groups excluding tert-OH is 1.